The van der Waals surface area contributed by atoms with Crippen LogP contribution in [-0.2, 0) is 12.7 Å². The fourth-order valence-corrected chi connectivity index (χ4v) is 2.86. The first-order valence-corrected chi connectivity index (χ1v) is 8.44. The predicted molar refractivity (Wildman–Crippen MR) is 93.5 cm³/mol. The van der Waals surface area contributed by atoms with Crippen LogP contribution in [0.3, 0.4) is 0 Å². The second-order valence-electron chi connectivity index (χ2n) is 6.04. The highest BCUT2D eigenvalue weighted by molar-refractivity contribution is 6.31. The van der Waals surface area contributed by atoms with E-state index in [9.17, 15) is 26.7 Å². The molecular formula is C18H12ClF5N4O. The molecule has 1 amide bonds. The van der Waals surface area contributed by atoms with Crippen LogP contribution in [0.25, 0.3) is 5.69 Å². The Morgan fingerprint density at radius 1 is 1.17 bits per heavy atom. The van der Waals surface area contributed by atoms with Gasteiger partial charge in [-0.2, -0.15) is 13.2 Å². The topological polar surface area (TPSA) is 51.0 Å². The van der Waals surface area contributed by atoms with Crippen molar-refractivity contribution in [3.8, 4) is 5.69 Å². The van der Waals surface area contributed by atoms with Gasteiger partial charge in [0, 0.05) is 17.6 Å². The Morgan fingerprint density at radius 2 is 1.86 bits per heavy atom. The van der Waals surface area contributed by atoms with E-state index in [1.807, 2.05) is 0 Å². The summed E-state index contributed by atoms with van der Waals surface area (Å²) in [5.74, 6) is -2.65. The highest BCUT2D eigenvalue weighted by Gasteiger charge is 2.42. The summed E-state index contributed by atoms with van der Waals surface area (Å²) in [7, 11) is 1.17. The Labute approximate surface area is 166 Å². The van der Waals surface area contributed by atoms with Crippen molar-refractivity contribution in [2.24, 2.45) is 0 Å². The summed E-state index contributed by atoms with van der Waals surface area (Å²) < 4.78 is 68.7. The van der Waals surface area contributed by atoms with Gasteiger partial charge in [-0.3, -0.25) is 4.79 Å². The molecule has 5 nitrogen and oxygen atoms in total. The summed E-state index contributed by atoms with van der Waals surface area (Å²) >= 11 is 5.90. The molecular weight excluding hydrogens is 419 g/mol. The third kappa shape index (κ3) is 4.21. The van der Waals surface area contributed by atoms with Crippen molar-refractivity contribution in [3.05, 3.63) is 76.1 Å². The zero-order chi connectivity index (χ0) is 21.3. The van der Waals surface area contributed by atoms with Crippen LogP contribution in [-0.4, -0.2) is 32.8 Å². The van der Waals surface area contributed by atoms with Crippen LogP contribution in [0.2, 0.25) is 5.02 Å². The molecule has 0 saturated heterocycles. The van der Waals surface area contributed by atoms with Crippen LogP contribution >= 0.6 is 11.6 Å². The van der Waals surface area contributed by atoms with E-state index >= 15 is 0 Å². The number of nitrogens with zero attached hydrogens (tertiary/aromatic N) is 4. The fraction of sp³-hybridized carbons (Fsp3) is 0.167. The summed E-state index contributed by atoms with van der Waals surface area (Å²) in [6.45, 7) is -0.394. The molecule has 0 atom stereocenters. The van der Waals surface area contributed by atoms with Crippen LogP contribution in [0, 0.1) is 11.6 Å². The first-order chi connectivity index (χ1) is 13.6. The van der Waals surface area contributed by atoms with Gasteiger partial charge in [0.15, 0.2) is 11.4 Å². The number of amides is 1. The van der Waals surface area contributed by atoms with Gasteiger partial charge in [-0.25, -0.2) is 13.5 Å². The molecule has 0 bridgehead atoms. The number of carbonyl (C=O) groups is 1. The SMILES string of the molecule is CN(Cc1c(F)cccc1Cl)C(=O)c1nnn(-c2cccc(F)c2)c1C(F)(F)F. The molecule has 29 heavy (non-hydrogen) atoms. The van der Waals surface area contributed by atoms with Gasteiger partial charge in [0.2, 0.25) is 0 Å². The van der Waals surface area contributed by atoms with Crippen LogP contribution in [0.1, 0.15) is 21.7 Å². The Hall–Kier alpha value is -3.01. The van der Waals surface area contributed by atoms with Crippen LogP contribution in [0.15, 0.2) is 42.5 Å². The van der Waals surface area contributed by atoms with Gasteiger partial charge in [0.05, 0.1) is 12.2 Å². The maximum absolute atomic E-state index is 13.9. The number of hydrogen-bond donors (Lipinski definition) is 0. The lowest BCUT2D eigenvalue weighted by Crippen LogP contribution is -2.29. The fourth-order valence-electron chi connectivity index (χ4n) is 2.64. The second-order valence-corrected chi connectivity index (χ2v) is 6.44. The molecule has 2 aromatic carbocycles. The Balaban J connectivity index is 2.01. The van der Waals surface area contributed by atoms with E-state index in [2.05, 4.69) is 10.3 Å². The number of halogens is 6. The molecule has 1 aromatic heterocycles. The van der Waals surface area contributed by atoms with E-state index in [-0.39, 0.29) is 16.3 Å². The van der Waals surface area contributed by atoms with E-state index < -0.39 is 41.7 Å². The third-order valence-corrected chi connectivity index (χ3v) is 4.35. The predicted octanol–water partition coefficient (Wildman–Crippen LogP) is 4.49. The van der Waals surface area contributed by atoms with Crippen molar-refractivity contribution in [3.63, 3.8) is 0 Å². The van der Waals surface area contributed by atoms with Gasteiger partial charge < -0.3 is 4.90 Å². The van der Waals surface area contributed by atoms with Crippen LogP contribution < -0.4 is 0 Å². The van der Waals surface area contributed by atoms with Crippen molar-refractivity contribution in [2.75, 3.05) is 7.05 Å². The number of benzene rings is 2. The van der Waals surface area contributed by atoms with E-state index in [1.54, 1.807) is 0 Å². The van der Waals surface area contributed by atoms with Gasteiger partial charge >= 0.3 is 6.18 Å². The zero-order valence-electron chi connectivity index (χ0n) is 14.7. The van der Waals surface area contributed by atoms with Crippen molar-refractivity contribution < 1.29 is 26.7 Å². The minimum Gasteiger partial charge on any atom is -0.336 e. The lowest BCUT2D eigenvalue weighted by Gasteiger charge is -2.18. The number of alkyl halides is 3. The van der Waals surface area contributed by atoms with Crippen molar-refractivity contribution >= 4 is 17.5 Å². The molecule has 0 unspecified atom stereocenters. The lowest BCUT2D eigenvalue weighted by molar-refractivity contribution is -0.143. The quantitative estimate of drug-likeness (QED) is 0.573. The maximum atomic E-state index is 13.9. The molecule has 0 saturated carbocycles. The monoisotopic (exact) mass is 430 g/mol. The van der Waals surface area contributed by atoms with Gasteiger partial charge in [0.25, 0.3) is 5.91 Å². The van der Waals surface area contributed by atoms with Gasteiger partial charge in [-0.15, -0.1) is 5.10 Å². The molecule has 0 fully saturated rings. The molecule has 0 aliphatic rings. The summed E-state index contributed by atoms with van der Waals surface area (Å²) in [5.41, 5.74) is -2.80. The molecule has 11 heteroatoms. The molecule has 0 aliphatic heterocycles. The molecule has 0 N–H and O–H groups in total. The van der Waals surface area contributed by atoms with Crippen LogP contribution in [0.5, 0.6) is 0 Å². The summed E-state index contributed by atoms with van der Waals surface area (Å²) in [6.07, 6.45) is -5.02. The minimum atomic E-state index is -5.02. The maximum Gasteiger partial charge on any atom is 0.435 e. The molecule has 3 rings (SSSR count). The first-order valence-electron chi connectivity index (χ1n) is 8.06. The van der Waals surface area contributed by atoms with Gasteiger partial charge in [-0.05, 0) is 30.3 Å². The lowest BCUT2D eigenvalue weighted by atomic mass is 10.2. The van der Waals surface area contributed by atoms with Gasteiger partial charge in [-0.1, -0.05) is 28.9 Å². The zero-order valence-corrected chi connectivity index (χ0v) is 15.5. The first kappa shape index (κ1) is 20.7. The second kappa shape index (κ2) is 7.78. The van der Waals surface area contributed by atoms with Crippen molar-refractivity contribution in [2.45, 2.75) is 12.7 Å². The third-order valence-electron chi connectivity index (χ3n) is 4.00. The molecule has 152 valence electrons. The molecule has 3 aromatic rings. The highest BCUT2D eigenvalue weighted by atomic mass is 35.5. The standard InChI is InChI=1S/C18H12ClF5N4O/c1-27(9-12-13(19)6-3-7-14(12)21)17(29)15-16(18(22,23)24)28(26-25-15)11-5-2-4-10(20)8-11/h2-8H,9H2,1H3. The smallest absolute Gasteiger partial charge is 0.336 e. The Bertz CT molecular complexity index is 1050. The number of carbonyl (C=O) groups excluding carboxylic acids is 1. The van der Waals surface area contributed by atoms with E-state index in [0.29, 0.717) is 4.68 Å². The summed E-state index contributed by atoms with van der Waals surface area (Å²) in [5, 5.41) is 6.74. The molecule has 0 spiro atoms. The molecule has 0 radical (unpaired) electrons. The average molecular weight is 431 g/mol. The average Bonchev–Trinajstić information content (AvgIpc) is 3.09. The highest BCUT2D eigenvalue weighted by Crippen LogP contribution is 2.33. The van der Waals surface area contributed by atoms with Crippen molar-refractivity contribution in [1.82, 2.24) is 19.9 Å². The van der Waals surface area contributed by atoms with Gasteiger partial charge in [0.1, 0.15) is 11.6 Å². The van der Waals surface area contributed by atoms with E-state index in [4.69, 9.17) is 11.6 Å². The molecule has 1 heterocycles. The summed E-state index contributed by atoms with van der Waals surface area (Å²) in [4.78, 5) is 13.5. The normalized spacial score (nSPS) is 11.6. The van der Waals surface area contributed by atoms with E-state index in [1.165, 1.54) is 31.3 Å². The Kier molecular flexibility index (Phi) is 5.56. The van der Waals surface area contributed by atoms with Crippen molar-refractivity contribution in [1.29, 1.82) is 0 Å². The Morgan fingerprint density at radius 3 is 2.48 bits per heavy atom. The van der Waals surface area contributed by atoms with E-state index in [0.717, 1.165) is 23.1 Å². The number of aromatic nitrogens is 3. The molecule has 0 aliphatic carbocycles. The number of rotatable bonds is 4. The van der Waals surface area contributed by atoms with Crippen LogP contribution in [0.4, 0.5) is 22.0 Å². The minimum absolute atomic E-state index is 0.0177. The number of hydrogen-bond acceptors (Lipinski definition) is 3. The largest absolute Gasteiger partial charge is 0.435 e. The summed E-state index contributed by atoms with van der Waals surface area (Å²) in [6, 6.07) is 8.10.